The van der Waals surface area contributed by atoms with Crippen LogP contribution in [0.1, 0.15) is 28.3 Å². The van der Waals surface area contributed by atoms with Gasteiger partial charge in [0.15, 0.2) is 5.56 Å². The zero-order valence-electron chi connectivity index (χ0n) is 14.9. The molecule has 0 amide bonds. The van der Waals surface area contributed by atoms with Gasteiger partial charge in [0.2, 0.25) is 5.88 Å². The Morgan fingerprint density at radius 2 is 1.93 bits per heavy atom. The first-order valence-corrected chi connectivity index (χ1v) is 9.19. The number of anilines is 1. The topological polar surface area (TPSA) is 55.6 Å². The third-order valence-corrected chi connectivity index (χ3v) is 5.18. The SMILES string of the molecule is COC(=O)c1c(-c2ccc(Cl)cc2)noc1N1CCC(c2ccccc2)C1. The molecule has 1 fully saturated rings. The predicted molar refractivity (Wildman–Crippen MR) is 104 cm³/mol. The fraction of sp³-hybridized carbons (Fsp3) is 0.238. The number of methoxy groups -OCH3 is 1. The monoisotopic (exact) mass is 382 g/mol. The van der Waals surface area contributed by atoms with Gasteiger partial charge in [-0.1, -0.05) is 59.2 Å². The standard InChI is InChI=1S/C21H19ClN2O3/c1-26-21(25)18-19(15-7-9-17(22)10-8-15)23-27-20(18)24-12-11-16(13-24)14-5-3-2-4-6-14/h2-10,16H,11-13H2,1H3. The number of aromatic nitrogens is 1. The van der Waals surface area contributed by atoms with Crippen molar-refractivity contribution < 1.29 is 14.1 Å². The summed E-state index contributed by atoms with van der Waals surface area (Å²) in [5, 5.41) is 4.78. The van der Waals surface area contributed by atoms with Crippen LogP contribution >= 0.6 is 11.6 Å². The molecule has 0 spiro atoms. The Morgan fingerprint density at radius 3 is 2.63 bits per heavy atom. The molecular weight excluding hydrogens is 364 g/mol. The number of carbonyl (C=O) groups excluding carboxylic acids is 1. The minimum absolute atomic E-state index is 0.355. The van der Waals surface area contributed by atoms with Gasteiger partial charge < -0.3 is 14.2 Å². The van der Waals surface area contributed by atoms with Crippen molar-refractivity contribution in [2.45, 2.75) is 12.3 Å². The van der Waals surface area contributed by atoms with E-state index in [0.717, 1.165) is 25.1 Å². The highest BCUT2D eigenvalue weighted by atomic mass is 35.5. The van der Waals surface area contributed by atoms with E-state index in [0.29, 0.717) is 28.1 Å². The molecule has 2 aromatic carbocycles. The van der Waals surface area contributed by atoms with Gasteiger partial charge in [-0.15, -0.1) is 0 Å². The molecule has 5 nitrogen and oxygen atoms in total. The molecule has 1 aromatic heterocycles. The minimum Gasteiger partial charge on any atom is -0.465 e. The van der Waals surface area contributed by atoms with Crippen molar-refractivity contribution in [3.63, 3.8) is 0 Å². The Morgan fingerprint density at radius 1 is 1.19 bits per heavy atom. The number of ether oxygens (including phenoxy) is 1. The summed E-state index contributed by atoms with van der Waals surface area (Å²) in [6.07, 6.45) is 0.988. The summed E-state index contributed by atoms with van der Waals surface area (Å²) < 4.78 is 10.6. The largest absolute Gasteiger partial charge is 0.465 e. The number of nitrogens with zero attached hydrogens (tertiary/aromatic N) is 2. The van der Waals surface area contributed by atoms with E-state index in [-0.39, 0.29) is 0 Å². The predicted octanol–water partition coefficient (Wildman–Crippen LogP) is 4.78. The van der Waals surface area contributed by atoms with Crippen molar-refractivity contribution in [3.05, 3.63) is 70.7 Å². The lowest BCUT2D eigenvalue weighted by Gasteiger charge is -2.16. The maximum absolute atomic E-state index is 12.5. The van der Waals surface area contributed by atoms with Gasteiger partial charge in [0, 0.05) is 29.6 Å². The second kappa shape index (κ2) is 7.45. The van der Waals surface area contributed by atoms with Crippen LogP contribution in [0.15, 0.2) is 59.1 Å². The van der Waals surface area contributed by atoms with Crippen molar-refractivity contribution in [3.8, 4) is 11.3 Å². The van der Waals surface area contributed by atoms with Crippen molar-refractivity contribution in [1.29, 1.82) is 0 Å². The van der Waals surface area contributed by atoms with Crippen molar-refractivity contribution in [1.82, 2.24) is 5.16 Å². The summed E-state index contributed by atoms with van der Waals surface area (Å²) in [5.74, 6) is 0.394. The Balaban J connectivity index is 1.67. The Bertz CT molecular complexity index is 938. The molecule has 1 saturated heterocycles. The highest BCUT2D eigenvalue weighted by Crippen LogP contribution is 2.37. The van der Waals surface area contributed by atoms with E-state index < -0.39 is 5.97 Å². The maximum atomic E-state index is 12.5. The fourth-order valence-corrected chi connectivity index (χ4v) is 3.66. The van der Waals surface area contributed by atoms with E-state index in [2.05, 4.69) is 22.2 Å². The normalized spacial score (nSPS) is 16.5. The van der Waals surface area contributed by atoms with Crippen LogP contribution in [-0.4, -0.2) is 31.3 Å². The van der Waals surface area contributed by atoms with Gasteiger partial charge in [0.05, 0.1) is 7.11 Å². The molecule has 0 aliphatic carbocycles. The van der Waals surface area contributed by atoms with Crippen molar-refractivity contribution in [2.75, 3.05) is 25.1 Å². The second-order valence-corrected chi connectivity index (χ2v) is 6.99. The van der Waals surface area contributed by atoms with Crippen LogP contribution in [-0.2, 0) is 4.74 Å². The van der Waals surface area contributed by atoms with E-state index in [9.17, 15) is 4.79 Å². The Kier molecular flexibility index (Phi) is 4.86. The number of rotatable bonds is 4. The number of esters is 1. The van der Waals surface area contributed by atoms with E-state index in [1.54, 1.807) is 12.1 Å². The molecule has 1 aliphatic heterocycles. The average molecular weight is 383 g/mol. The minimum atomic E-state index is -0.459. The highest BCUT2D eigenvalue weighted by molar-refractivity contribution is 6.30. The highest BCUT2D eigenvalue weighted by Gasteiger charge is 2.33. The lowest BCUT2D eigenvalue weighted by atomic mass is 9.99. The van der Waals surface area contributed by atoms with Crippen LogP contribution < -0.4 is 4.90 Å². The van der Waals surface area contributed by atoms with Crippen LogP contribution in [0.5, 0.6) is 0 Å². The summed E-state index contributed by atoms with van der Waals surface area (Å²) in [5.41, 5.74) is 2.87. The molecule has 2 heterocycles. The quantitative estimate of drug-likeness (QED) is 0.608. The Labute approximate surface area is 162 Å². The molecule has 138 valence electrons. The molecule has 3 aromatic rings. The number of hydrogen-bond donors (Lipinski definition) is 0. The summed E-state index contributed by atoms with van der Waals surface area (Å²) >= 11 is 5.97. The van der Waals surface area contributed by atoms with E-state index in [1.807, 2.05) is 30.3 Å². The first-order valence-electron chi connectivity index (χ1n) is 8.81. The summed E-state index contributed by atoms with van der Waals surface area (Å²) in [4.78, 5) is 14.6. The van der Waals surface area contributed by atoms with Gasteiger partial charge in [-0.05, 0) is 24.1 Å². The van der Waals surface area contributed by atoms with Gasteiger partial charge in [0.1, 0.15) is 5.69 Å². The van der Waals surface area contributed by atoms with Gasteiger partial charge in [0.25, 0.3) is 0 Å². The van der Waals surface area contributed by atoms with Crippen molar-refractivity contribution >= 4 is 23.5 Å². The van der Waals surface area contributed by atoms with Crippen LogP contribution in [0.4, 0.5) is 5.88 Å². The number of halogens is 1. The molecule has 0 radical (unpaired) electrons. The summed E-state index contributed by atoms with van der Waals surface area (Å²) in [7, 11) is 1.36. The average Bonchev–Trinajstić information content (AvgIpc) is 3.36. The lowest BCUT2D eigenvalue weighted by Crippen LogP contribution is -2.21. The number of carbonyl (C=O) groups is 1. The van der Waals surface area contributed by atoms with Crippen LogP contribution in [0.3, 0.4) is 0 Å². The third kappa shape index (κ3) is 3.43. The van der Waals surface area contributed by atoms with Gasteiger partial charge in [-0.2, -0.15) is 0 Å². The van der Waals surface area contributed by atoms with Crippen molar-refractivity contribution in [2.24, 2.45) is 0 Å². The zero-order valence-corrected chi connectivity index (χ0v) is 15.6. The van der Waals surface area contributed by atoms with E-state index in [4.69, 9.17) is 20.9 Å². The maximum Gasteiger partial charge on any atom is 0.345 e. The molecule has 1 unspecified atom stereocenters. The number of hydrogen-bond acceptors (Lipinski definition) is 5. The zero-order chi connectivity index (χ0) is 18.8. The van der Waals surface area contributed by atoms with Gasteiger partial charge >= 0.3 is 5.97 Å². The molecule has 0 bridgehead atoms. The smallest absolute Gasteiger partial charge is 0.345 e. The number of benzene rings is 2. The second-order valence-electron chi connectivity index (χ2n) is 6.55. The van der Waals surface area contributed by atoms with Crippen LogP contribution in [0, 0.1) is 0 Å². The summed E-state index contributed by atoms with van der Waals surface area (Å²) in [6, 6.07) is 17.5. The lowest BCUT2D eigenvalue weighted by molar-refractivity contribution is 0.0601. The molecule has 0 saturated carbocycles. The molecular formula is C21H19ClN2O3. The van der Waals surface area contributed by atoms with Gasteiger partial charge in [-0.3, -0.25) is 0 Å². The third-order valence-electron chi connectivity index (χ3n) is 4.93. The molecule has 27 heavy (non-hydrogen) atoms. The first kappa shape index (κ1) is 17.6. The molecule has 1 aliphatic rings. The Hall–Kier alpha value is -2.79. The van der Waals surface area contributed by atoms with E-state index >= 15 is 0 Å². The molecule has 0 N–H and O–H groups in total. The van der Waals surface area contributed by atoms with E-state index in [1.165, 1.54) is 12.7 Å². The van der Waals surface area contributed by atoms with Crippen LogP contribution in [0.25, 0.3) is 11.3 Å². The van der Waals surface area contributed by atoms with Gasteiger partial charge in [-0.25, -0.2) is 4.79 Å². The summed E-state index contributed by atoms with van der Waals surface area (Å²) in [6.45, 7) is 1.56. The van der Waals surface area contributed by atoms with Crippen LogP contribution in [0.2, 0.25) is 5.02 Å². The first-order chi connectivity index (χ1) is 13.2. The molecule has 6 heteroatoms. The molecule has 1 atom stereocenters. The fourth-order valence-electron chi connectivity index (χ4n) is 3.53. The molecule has 4 rings (SSSR count).